The molecule has 0 heterocycles. The molecule has 0 bridgehead atoms. The summed E-state index contributed by atoms with van der Waals surface area (Å²) in [5.41, 5.74) is 3.07. The van der Waals surface area contributed by atoms with Crippen LogP contribution in [-0.4, -0.2) is 0 Å². The van der Waals surface area contributed by atoms with Crippen molar-refractivity contribution in [3.63, 3.8) is 0 Å². The van der Waals surface area contributed by atoms with Crippen molar-refractivity contribution in [3.8, 4) is 11.1 Å². The summed E-state index contributed by atoms with van der Waals surface area (Å²) in [6.45, 7) is 1.84. The summed E-state index contributed by atoms with van der Waals surface area (Å²) in [5.74, 6) is 0. The Morgan fingerprint density at radius 2 is 1.47 bits per heavy atom. The molecule has 0 aromatic heterocycles. The van der Waals surface area contributed by atoms with Gasteiger partial charge >= 0.3 is 0 Å². The number of benzene rings is 1. The molecule has 1 nitrogen and oxygen atoms in total. The summed E-state index contributed by atoms with van der Waals surface area (Å²) in [6.07, 6.45) is 0. The summed E-state index contributed by atoms with van der Waals surface area (Å²) in [6, 6.07) is 17.4. The molecule has 0 amide bonds. The molecular formula is C14H12O. The van der Waals surface area contributed by atoms with Crippen LogP contribution >= 0.6 is 0 Å². The van der Waals surface area contributed by atoms with Gasteiger partial charge in [-0.3, -0.25) is 4.79 Å². The molecule has 0 unspecified atom stereocenters. The van der Waals surface area contributed by atoms with Gasteiger partial charge in [-0.2, -0.15) is 0 Å². The predicted octanol–water partition coefficient (Wildman–Crippen LogP) is 3.02. The predicted molar refractivity (Wildman–Crippen MR) is 62.9 cm³/mol. The second-order valence-electron chi connectivity index (χ2n) is 3.54. The van der Waals surface area contributed by atoms with Gasteiger partial charge < -0.3 is 0 Å². The van der Waals surface area contributed by atoms with Crippen molar-refractivity contribution < 1.29 is 0 Å². The molecule has 0 aliphatic rings. The lowest BCUT2D eigenvalue weighted by Crippen LogP contribution is -1.97. The summed E-state index contributed by atoms with van der Waals surface area (Å²) in [7, 11) is 0. The van der Waals surface area contributed by atoms with Crippen LogP contribution in [0.5, 0.6) is 0 Å². The standard InChI is InChI=1S/C14H12O/c1-11-10-13(8-5-9-14(11)15)12-6-3-2-4-7-12/h2-10H,1H3. The quantitative estimate of drug-likeness (QED) is 0.685. The first-order valence-electron chi connectivity index (χ1n) is 4.94. The SMILES string of the molecule is Cc1cc(-c2ccccc2)cccc1=O. The molecule has 0 saturated carbocycles. The Bertz CT molecular complexity index is 515. The highest BCUT2D eigenvalue weighted by atomic mass is 16.1. The fourth-order valence-electron chi connectivity index (χ4n) is 1.53. The van der Waals surface area contributed by atoms with Gasteiger partial charge in [0.05, 0.1) is 0 Å². The zero-order valence-electron chi connectivity index (χ0n) is 8.60. The first kappa shape index (κ1) is 9.66. The van der Waals surface area contributed by atoms with Gasteiger partial charge in [0.25, 0.3) is 0 Å². The van der Waals surface area contributed by atoms with E-state index in [2.05, 4.69) is 0 Å². The maximum absolute atomic E-state index is 11.4. The molecule has 0 aliphatic heterocycles. The number of rotatable bonds is 1. The van der Waals surface area contributed by atoms with E-state index >= 15 is 0 Å². The fraction of sp³-hybridized carbons (Fsp3) is 0.0714. The molecule has 0 spiro atoms. The van der Waals surface area contributed by atoms with Crippen molar-refractivity contribution in [2.75, 3.05) is 0 Å². The summed E-state index contributed by atoms with van der Waals surface area (Å²) >= 11 is 0. The Morgan fingerprint density at radius 1 is 0.800 bits per heavy atom. The van der Waals surface area contributed by atoms with Gasteiger partial charge in [0.1, 0.15) is 0 Å². The summed E-state index contributed by atoms with van der Waals surface area (Å²) in [5, 5.41) is 0. The second kappa shape index (κ2) is 4.09. The minimum atomic E-state index is 0.0807. The first-order valence-corrected chi connectivity index (χ1v) is 4.94. The van der Waals surface area contributed by atoms with Crippen molar-refractivity contribution in [1.82, 2.24) is 0 Å². The van der Waals surface area contributed by atoms with E-state index in [1.54, 1.807) is 12.1 Å². The monoisotopic (exact) mass is 196 g/mol. The van der Waals surface area contributed by atoms with Crippen molar-refractivity contribution in [3.05, 3.63) is 70.4 Å². The van der Waals surface area contributed by atoms with E-state index in [0.29, 0.717) is 0 Å². The maximum atomic E-state index is 11.4. The van der Waals surface area contributed by atoms with Crippen LogP contribution in [0.15, 0.2) is 59.4 Å². The van der Waals surface area contributed by atoms with Crippen LogP contribution in [-0.2, 0) is 0 Å². The Hall–Kier alpha value is -1.89. The molecule has 2 rings (SSSR count). The first-order chi connectivity index (χ1) is 7.27. The van der Waals surface area contributed by atoms with Crippen molar-refractivity contribution >= 4 is 0 Å². The van der Waals surface area contributed by atoms with Crippen LogP contribution < -0.4 is 5.43 Å². The van der Waals surface area contributed by atoms with E-state index in [1.165, 1.54) is 0 Å². The molecule has 0 aliphatic carbocycles. The molecule has 2 aromatic rings. The Morgan fingerprint density at radius 3 is 2.20 bits per heavy atom. The molecule has 0 atom stereocenters. The van der Waals surface area contributed by atoms with Gasteiger partial charge in [-0.25, -0.2) is 0 Å². The highest BCUT2D eigenvalue weighted by molar-refractivity contribution is 5.63. The van der Waals surface area contributed by atoms with Gasteiger partial charge in [0.2, 0.25) is 0 Å². The topological polar surface area (TPSA) is 17.1 Å². The van der Waals surface area contributed by atoms with E-state index in [1.807, 2.05) is 49.4 Å². The molecule has 74 valence electrons. The molecule has 0 radical (unpaired) electrons. The number of hydrogen-bond donors (Lipinski definition) is 0. The average Bonchev–Trinajstić information content (AvgIpc) is 2.43. The third kappa shape index (κ3) is 2.13. The maximum Gasteiger partial charge on any atom is 0.181 e. The minimum absolute atomic E-state index is 0.0807. The summed E-state index contributed by atoms with van der Waals surface area (Å²) in [4.78, 5) is 11.4. The van der Waals surface area contributed by atoms with Crippen LogP contribution in [0.1, 0.15) is 5.56 Å². The normalized spacial score (nSPS) is 9.93. The average molecular weight is 196 g/mol. The largest absolute Gasteiger partial charge is 0.290 e. The van der Waals surface area contributed by atoms with E-state index in [9.17, 15) is 4.79 Å². The smallest absolute Gasteiger partial charge is 0.181 e. The lowest BCUT2D eigenvalue weighted by molar-refractivity contribution is 1.43. The number of aryl methyl sites for hydroxylation is 1. The molecule has 0 fully saturated rings. The third-order valence-electron chi connectivity index (χ3n) is 2.39. The highest BCUT2D eigenvalue weighted by Crippen LogP contribution is 2.17. The summed E-state index contributed by atoms with van der Waals surface area (Å²) < 4.78 is 0. The van der Waals surface area contributed by atoms with Crippen molar-refractivity contribution in [2.45, 2.75) is 6.92 Å². The van der Waals surface area contributed by atoms with Crippen molar-refractivity contribution in [2.24, 2.45) is 0 Å². The molecule has 15 heavy (non-hydrogen) atoms. The molecule has 0 saturated heterocycles. The van der Waals surface area contributed by atoms with Crippen LogP contribution in [0.3, 0.4) is 0 Å². The Balaban J connectivity index is 2.61. The van der Waals surface area contributed by atoms with Crippen LogP contribution in [0.4, 0.5) is 0 Å². The Labute approximate surface area is 89.0 Å². The third-order valence-corrected chi connectivity index (χ3v) is 2.39. The fourth-order valence-corrected chi connectivity index (χ4v) is 1.53. The highest BCUT2D eigenvalue weighted by Gasteiger charge is 1.96. The zero-order chi connectivity index (χ0) is 10.7. The molecule has 0 N–H and O–H groups in total. The van der Waals surface area contributed by atoms with E-state index < -0.39 is 0 Å². The minimum Gasteiger partial charge on any atom is -0.290 e. The van der Waals surface area contributed by atoms with Crippen molar-refractivity contribution in [1.29, 1.82) is 0 Å². The van der Waals surface area contributed by atoms with Gasteiger partial charge in [-0.05, 0) is 35.7 Å². The van der Waals surface area contributed by atoms with Gasteiger partial charge in [-0.1, -0.05) is 42.5 Å². The second-order valence-corrected chi connectivity index (χ2v) is 3.54. The van der Waals surface area contributed by atoms with Crippen LogP contribution in [0, 0.1) is 6.92 Å². The zero-order valence-corrected chi connectivity index (χ0v) is 8.60. The molecule has 1 heteroatoms. The van der Waals surface area contributed by atoms with E-state index in [0.717, 1.165) is 16.7 Å². The van der Waals surface area contributed by atoms with E-state index in [4.69, 9.17) is 0 Å². The Kier molecular flexibility index (Phi) is 2.64. The molecule has 2 aromatic carbocycles. The van der Waals surface area contributed by atoms with Gasteiger partial charge in [0.15, 0.2) is 5.43 Å². The molecular weight excluding hydrogens is 184 g/mol. The van der Waals surface area contributed by atoms with E-state index in [-0.39, 0.29) is 5.43 Å². The lowest BCUT2D eigenvalue weighted by atomic mass is 10.1. The van der Waals surface area contributed by atoms with Gasteiger partial charge in [0, 0.05) is 0 Å². The number of hydrogen-bond acceptors (Lipinski definition) is 1. The van der Waals surface area contributed by atoms with Crippen LogP contribution in [0.25, 0.3) is 11.1 Å². The lowest BCUT2D eigenvalue weighted by Gasteiger charge is -1.97. The van der Waals surface area contributed by atoms with Gasteiger partial charge in [-0.15, -0.1) is 0 Å². The van der Waals surface area contributed by atoms with Crippen LogP contribution in [0.2, 0.25) is 0 Å².